The molecule has 1 saturated carbocycles. The molecule has 0 aromatic carbocycles. The molecule has 1 aliphatic rings. The molecule has 0 aromatic rings. The molecule has 3 N–H and O–H groups in total. The lowest BCUT2D eigenvalue weighted by atomic mass is 10.00. The Morgan fingerprint density at radius 3 is 2.14 bits per heavy atom. The van der Waals surface area contributed by atoms with Gasteiger partial charge in [0.05, 0.1) is 0 Å². The molecule has 0 bridgehead atoms. The van der Waals surface area contributed by atoms with Crippen molar-refractivity contribution in [2.45, 2.75) is 50.4 Å². The Balaban J connectivity index is 2.46. The number of rotatable bonds is 4. The van der Waals surface area contributed by atoms with Gasteiger partial charge in [-0.1, -0.05) is 6.92 Å². The smallest absolute Gasteiger partial charge is 0.324 e. The Kier molecular flexibility index (Phi) is 2.84. The highest BCUT2D eigenvalue weighted by molar-refractivity contribution is 5.08. The predicted molar refractivity (Wildman–Crippen MR) is 48.9 cm³/mol. The molecule has 14 heavy (non-hydrogen) atoms. The summed E-state index contributed by atoms with van der Waals surface area (Å²) in [4.78, 5) is 0. The van der Waals surface area contributed by atoms with E-state index in [4.69, 9.17) is 5.73 Å². The van der Waals surface area contributed by atoms with Gasteiger partial charge < -0.3 is 11.1 Å². The lowest BCUT2D eigenvalue weighted by Crippen LogP contribution is -2.53. The number of nitrogens with one attached hydrogen (secondary N) is 1. The van der Waals surface area contributed by atoms with Crippen LogP contribution in [0.5, 0.6) is 0 Å². The number of hydrogen-bond donors (Lipinski definition) is 2. The zero-order chi connectivity index (χ0) is 11.0. The van der Waals surface area contributed by atoms with Crippen molar-refractivity contribution >= 4 is 0 Å². The highest BCUT2D eigenvalue weighted by Gasteiger charge is 2.63. The van der Waals surface area contributed by atoms with E-state index in [-0.39, 0.29) is 19.4 Å². The van der Waals surface area contributed by atoms with Crippen LogP contribution in [-0.2, 0) is 0 Å². The summed E-state index contributed by atoms with van der Waals surface area (Å²) in [5.74, 6) is 0. The van der Waals surface area contributed by atoms with Gasteiger partial charge in [-0.2, -0.15) is 13.2 Å². The molecule has 0 aliphatic heterocycles. The second-order valence-corrected chi connectivity index (χ2v) is 4.44. The van der Waals surface area contributed by atoms with Gasteiger partial charge in [-0.05, 0) is 26.2 Å². The highest BCUT2D eigenvalue weighted by Crippen LogP contribution is 2.48. The number of alkyl halides is 3. The third kappa shape index (κ3) is 2.39. The molecule has 1 atom stereocenters. The molecule has 0 saturated heterocycles. The SMILES string of the molecule is CCC(C)(N)CNC1(C(F)(F)F)CC1. The normalized spacial score (nSPS) is 24.4. The van der Waals surface area contributed by atoms with Crippen LogP contribution in [0, 0.1) is 0 Å². The average molecular weight is 210 g/mol. The molecule has 2 nitrogen and oxygen atoms in total. The van der Waals surface area contributed by atoms with E-state index >= 15 is 0 Å². The standard InChI is InChI=1S/C9H17F3N2/c1-3-7(2,13)6-14-8(4-5-8)9(10,11)12/h14H,3-6,13H2,1-2H3. The lowest BCUT2D eigenvalue weighted by Gasteiger charge is -2.28. The van der Waals surface area contributed by atoms with E-state index in [2.05, 4.69) is 5.32 Å². The van der Waals surface area contributed by atoms with Gasteiger partial charge in [-0.3, -0.25) is 0 Å². The van der Waals surface area contributed by atoms with Crippen molar-refractivity contribution in [2.75, 3.05) is 6.54 Å². The van der Waals surface area contributed by atoms with Crippen LogP contribution in [0.15, 0.2) is 0 Å². The minimum Gasteiger partial charge on any atom is -0.324 e. The third-order valence-electron chi connectivity index (χ3n) is 2.93. The maximum absolute atomic E-state index is 12.5. The van der Waals surface area contributed by atoms with Crippen LogP contribution in [-0.4, -0.2) is 23.8 Å². The first-order valence-corrected chi connectivity index (χ1v) is 4.83. The zero-order valence-electron chi connectivity index (χ0n) is 8.54. The number of hydrogen-bond acceptors (Lipinski definition) is 2. The molecule has 1 unspecified atom stereocenters. The van der Waals surface area contributed by atoms with Crippen molar-refractivity contribution < 1.29 is 13.2 Å². The number of halogens is 3. The molecule has 0 heterocycles. The molecule has 0 spiro atoms. The second-order valence-electron chi connectivity index (χ2n) is 4.44. The molecule has 0 radical (unpaired) electrons. The fourth-order valence-corrected chi connectivity index (χ4v) is 1.18. The molecular formula is C9H17F3N2. The van der Waals surface area contributed by atoms with Crippen LogP contribution in [0.1, 0.15) is 33.1 Å². The van der Waals surface area contributed by atoms with Crippen LogP contribution in [0.3, 0.4) is 0 Å². The summed E-state index contributed by atoms with van der Waals surface area (Å²) in [6.45, 7) is 3.84. The van der Waals surface area contributed by atoms with E-state index in [9.17, 15) is 13.2 Å². The Labute approximate surface area is 82.0 Å². The summed E-state index contributed by atoms with van der Waals surface area (Å²) < 4.78 is 37.4. The summed E-state index contributed by atoms with van der Waals surface area (Å²) in [7, 11) is 0. The van der Waals surface area contributed by atoms with Gasteiger partial charge in [-0.15, -0.1) is 0 Å². The van der Waals surface area contributed by atoms with Crippen molar-refractivity contribution in [3.63, 3.8) is 0 Å². The summed E-state index contributed by atoms with van der Waals surface area (Å²) in [5.41, 5.74) is 3.57. The quantitative estimate of drug-likeness (QED) is 0.742. The molecule has 84 valence electrons. The van der Waals surface area contributed by atoms with Crippen molar-refractivity contribution in [3.05, 3.63) is 0 Å². The molecule has 1 rings (SSSR count). The van der Waals surface area contributed by atoms with Crippen LogP contribution in [0.4, 0.5) is 13.2 Å². The Morgan fingerprint density at radius 2 is 1.86 bits per heavy atom. The van der Waals surface area contributed by atoms with Gasteiger partial charge in [0.2, 0.25) is 0 Å². The van der Waals surface area contributed by atoms with Crippen molar-refractivity contribution in [1.29, 1.82) is 0 Å². The van der Waals surface area contributed by atoms with Gasteiger partial charge in [0, 0.05) is 12.1 Å². The first-order valence-electron chi connectivity index (χ1n) is 4.83. The minimum absolute atomic E-state index is 0.177. The molecule has 5 heteroatoms. The van der Waals surface area contributed by atoms with Gasteiger partial charge in [0.15, 0.2) is 0 Å². The van der Waals surface area contributed by atoms with E-state index < -0.39 is 17.3 Å². The van der Waals surface area contributed by atoms with Crippen molar-refractivity contribution in [1.82, 2.24) is 5.32 Å². The fourth-order valence-electron chi connectivity index (χ4n) is 1.18. The Morgan fingerprint density at radius 1 is 1.36 bits per heavy atom. The fraction of sp³-hybridized carbons (Fsp3) is 1.00. The van der Waals surface area contributed by atoms with Crippen LogP contribution < -0.4 is 11.1 Å². The van der Waals surface area contributed by atoms with E-state index in [1.807, 2.05) is 6.92 Å². The summed E-state index contributed by atoms with van der Waals surface area (Å²) >= 11 is 0. The summed E-state index contributed by atoms with van der Waals surface area (Å²) in [6, 6.07) is 0. The topological polar surface area (TPSA) is 38.0 Å². The second kappa shape index (κ2) is 3.38. The van der Waals surface area contributed by atoms with Crippen LogP contribution in [0.25, 0.3) is 0 Å². The molecular weight excluding hydrogens is 193 g/mol. The highest BCUT2D eigenvalue weighted by atomic mass is 19.4. The minimum atomic E-state index is -4.14. The van der Waals surface area contributed by atoms with Gasteiger partial charge >= 0.3 is 6.18 Å². The van der Waals surface area contributed by atoms with E-state index in [0.717, 1.165) is 0 Å². The molecule has 0 amide bonds. The van der Waals surface area contributed by atoms with Gasteiger partial charge in [-0.25, -0.2) is 0 Å². The molecule has 1 aliphatic carbocycles. The van der Waals surface area contributed by atoms with Crippen LogP contribution in [0.2, 0.25) is 0 Å². The Bertz CT molecular complexity index is 207. The van der Waals surface area contributed by atoms with E-state index in [1.165, 1.54) is 0 Å². The van der Waals surface area contributed by atoms with Crippen molar-refractivity contribution in [2.24, 2.45) is 5.73 Å². The van der Waals surface area contributed by atoms with Gasteiger partial charge in [0.25, 0.3) is 0 Å². The molecule has 1 fully saturated rings. The summed E-state index contributed by atoms with van der Waals surface area (Å²) in [5, 5.41) is 2.55. The largest absolute Gasteiger partial charge is 0.406 e. The first kappa shape index (κ1) is 11.8. The van der Waals surface area contributed by atoms with Gasteiger partial charge in [0.1, 0.15) is 5.54 Å². The monoisotopic (exact) mass is 210 g/mol. The van der Waals surface area contributed by atoms with E-state index in [0.29, 0.717) is 6.42 Å². The predicted octanol–water partition coefficient (Wildman–Crippen LogP) is 1.80. The first-order chi connectivity index (χ1) is 6.22. The third-order valence-corrected chi connectivity index (χ3v) is 2.93. The molecule has 0 aromatic heterocycles. The maximum Gasteiger partial charge on any atom is 0.406 e. The van der Waals surface area contributed by atoms with Crippen LogP contribution >= 0.6 is 0 Å². The number of nitrogens with two attached hydrogens (primary N) is 1. The Hall–Kier alpha value is -0.290. The summed E-state index contributed by atoms with van der Waals surface area (Å²) in [6.07, 6.45) is -3.13. The maximum atomic E-state index is 12.5. The van der Waals surface area contributed by atoms with E-state index in [1.54, 1.807) is 6.92 Å². The lowest BCUT2D eigenvalue weighted by molar-refractivity contribution is -0.166. The average Bonchev–Trinajstić information content (AvgIpc) is 2.80. The van der Waals surface area contributed by atoms with Crippen molar-refractivity contribution in [3.8, 4) is 0 Å². The zero-order valence-corrected chi connectivity index (χ0v) is 8.54.